The lowest BCUT2D eigenvalue weighted by atomic mass is 10.1. The van der Waals surface area contributed by atoms with Crippen LogP contribution in [0.25, 0.3) is 0 Å². The molecule has 0 saturated heterocycles. The largest absolute Gasteiger partial charge is 0.489 e. The van der Waals surface area contributed by atoms with Gasteiger partial charge in [-0.1, -0.05) is 5.16 Å². The van der Waals surface area contributed by atoms with Gasteiger partial charge in [0, 0.05) is 0 Å². The molecular weight excluding hydrogens is 300 g/mol. The molecule has 122 valence electrons. The number of benzene rings is 1. The topological polar surface area (TPSA) is 102 Å². The number of hydrogen-bond acceptors (Lipinski definition) is 5. The molecule has 1 aromatic carbocycles. The van der Waals surface area contributed by atoms with Crippen molar-refractivity contribution in [2.24, 2.45) is 0 Å². The van der Waals surface area contributed by atoms with Crippen LogP contribution in [0, 0.1) is 13.8 Å². The Morgan fingerprint density at radius 3 is 2.52 bits per heavy atom. The summed E-state index contributed by atoms with van der Waals surface area (Å²) < 4.78 is 10.6. The fraction of sp³-hybridized carbons (Fsp3) is 0.312. The van der Waals surface area contributed by atoms with Crippen molar-refractivity contribution in [3.8, 4) is 5.75 Å². The Labute approximate surface area is 133 Å². The zero-order chi connectivity index (χ0) is 17.1. The molecule has 2 rings (SSSR count). The normalized spacial score (nSPS) is 10.7. The zero-order valence-electron chi connectivity index (χ0n) is 13.3. The number of hydrogen-bond donors (Lipinski definition) is 2. The Bertz CT molecular complexity index is 729. The Balaban J connectivity index is 2.38. The van der Waals surface area contributed by atoms with E-state index >= 15 is 0 Å². The standard InChI is InChI=1S/C16H18N2O5/c1-8(2)22-13-6-5-11(16(20)21)7-12(13)17-15(19)14-9(3)18-23-10(14)4/h5-8H,1-4H3,(H,17,19)(H,20,21). The number of ether oxygens (including phenoxy) is 1. The Morgan fingerprint density at radius 1 is 1.30 bits per heavy atom. The van der Waals surface area contributed by atoms with Crippen molar-refractivity contribution in [2.75, 3.05) is 5.32 Å². The van der Waals surface area contributed by atoms with Gasteiger partial charge >= 0.3 is 5.97 Å². The number of aromatic carboxylic acids is 1. The fourth-order valence-electron chi connectivity index (χ4n) is 2.11. The molecule has 0 aliphatic rings. The van der Waals surface area contributed by atoms with Crippen LogP contribution in [-0.2, 0) is 0 Å². The first-order valence-corrected chi connectivity index (χ1v) is 7.07. The van der Waals surface area contributed by atoms with E-state index in [1.807, 2.05) is 13.8 Å². The van der Waals surface area contributed by atoms with E-state index in [0.717, 1.165) is 0 Å². The van der Waals surface area contributed by atoms with Crippen LogP contribution < -0.4 is 10.1 Å². The maximum atomic E-state index is 12.4. The van der Waals surface area contributed by atoms with E-state index in [0.29, 0.717) is 22.8 Å². The number of aryl methyl sites for hydroxylation is 2. The quantitative estimate of drug-likeness (QED) is 0.878. The molecule has 0 saturated carbocycles. The molecule has 0 aliphatic carbocycles. The van der Waals surface area contributed by atoms with Crippen molar-refractivity contribution < 1.29 is 24.0 Å². The summed E-state index contributed by atoms with van der Waals surface area (Å²) in [6.07, 6.45) is -0.125. The molecule has 0 aliphatic heterocycles. The highest BCUT2D eigenvalue weighted by Gasteiger charge is 2.20. The van der Waals surface area contributed by atoms with Crippen LogP contribution in [0.5, 0.6) is 5.75 Å². The highest BCUT2D eigenvalue weighted by molar-refractivity contribution is 6.06. The van der Waals surface area contributed by atoms with Crippen LogP contribution in [0.4, 0.5) is 5.69 Å². The Hall–Kier alpha value is -2.83. The molecule has 7 nitrogen and oxygen atoms in total. The predicted molar refractivity (Wildman–Crippen MR) is 83.1 cm³/mol. The van der Waals surface area contributed by atoms with Crippen LogP contribution in [0.15, 0.2) is 22.7 Å². The molecule has 1 aromatic heterocycles. The van der Waals surface area contributed by atoms with Crippen molar-refractivity contribution in [1.82, 2.24) is 5.16 Å². The number of anilines is 1. The van der Waals surface area contributed by atoms with Gasteiger partial charge in [0.1, 0.15) is 17.1 Å². The van der Waals surface area contributed by atoms with E-state index in [1.165, 1.54) is 18.2 Å². The minimum atomic E-state index is -1.09. The van der Waals surface area contributed by atoms with Crippen LogP contribution in [0.2, 0.25) is 0 Å². The van der Waals surface area contributed by atoms with Crippen molar-refractivity contribution in [2.45, 2.75) is 33.8 Å². The second kappa shape index (κ2) is 6.51. The fourth-order valence-corrected chi connectivity index (χ4v) is 2.11. The van der Waals surface area contributed by atoms with Crippen LogP contribution >= 0.6 is 0 Å². The van der Waals surface area contributed by atoms with Crippen LogP contribution in [0.3, 0.4) is 0 Å². The summed E-state index contributed by atoms with van der Waals surface area (Å²) in [5, 5.41) is 15.5. The number of carbonyl (C=O) groups excluding carboxylic acids is 1. The minimum Gasteiger partial charge on any atom is -0.489 e. The number of carboxylic acids is 1. The molecule has 0 spiro atoms. The number of carboxylic acid groups (broad SMARTS) is 1. The molecule has 0 atom stereocenters. The average Bonchev–Trinajstić information content (AvgIpc) is 2.79. The highest BCUT2D eigenvalue weighted by Crippen LogP contribution is 2.28. The van der Waals surface area contributed by atoms with Gasteiger partial charge in [0.25, 0.3) is 5.91 Å². The highest BCUT2D eigenvalue weighted by atomic mass is 16.5. The molecule has 7 heteroatoms. The summed E-state index contributed by atoms with van der Waals surface area (Å²) in [6, 6.07) is 4.30. The van der Waals surface area contributed by atoms with Crippen molar-refractivity contribution >= 4 is 17.6 Å². The van der Waals surface area contributed by atoms with Crippen molar-refractivity contribution in [3.05, 3.63) is 40.8 Å². The lowest BCUT2D eigenvalue weighted by molar-refractivity contribution is 0.0696. The zero-order valence-corrected chi connectivity index (χ0v) is 13.3. The number of nitrogens with one attached hydrogen (secondary N) is 1. The molecule has 1 amide bonds. The van der Waals surface area contributed by atoms with Crippen molar-refractivity contribution in [1.29, 1.82) is 0 Å². The van der Waals surface area contributed by atoms with Gasteiger partial charge in [-0.05, 0) is 45.9 Å². The molecular formula is C16H18N2O5. The van der Waals surface area contributed by atoms with Gasteiger partial charge in [-0.25, -0.2) is 4.79 Å². The smallest absolute Gasteiger partial charge is 0.335 e. The van der Waals surface area contributed by atoms with Gasteiger partial charge in [0.2, 0.25) is 0 Å². The van der Waals surface area contributed by atoms with Gasteiger partial charge in [-0.15, -0.1) is 0 Å². The lowest BCUT2D eigenvalue weighted by Gasteiger charge is -2.15. The van der Waals surface area contributed by atoms with Gasteiger partial charge in [-0.3, -0.25) is 4.79 Å². The summed E-state index contributed by atoms with van der Waals surface area (Å²) >= 11 is 0. The van der Waals surface area contributed by atoms with E-state index in [1.54, 1.807) is 13.8 Å². The third kappa shape index (κ3) is 3.68. The number of carbonyl (C=O) groups is 2. The molecule has 0 radical (unpaired) electrons. The number of amides is 1. The molecule has 0 unspecified atom stereocenters. The molecule has 23 heavy (non-hydrogen) atoms. The summed E-state index contributed by atoms with van der Waals surface area (Å²) in [6.45, 7) is 6.97. The van der Waals surface area contributed by atoms with E-state index in [4.69, 9.17) is 14.4 Å². The summed E-state index contributed by atoms with van der Waals surface area (Å²) in [5.74, 6) is -0.739. The first-order valence-electron chi connectivity index (χ1n) is 7.07. The van der Waals surface area contributed by atoms with Gasteiger partial charge in [0.05, 0.1) is 23.0 Å². The van der Waals surface area contributed by atoms with Crippen LogP contribution in [-0.4, -0.2) is 28.2 Å². The molecule has 0 fully saturated rings. The molecule has 2 aromatic rings. The third-order valence-electron chi connectivity index (χ3n) is 3.10. The van der Waals surface area contributed by atoms with Crippen LogP contribution in [0.1, 0.15) is 46.0 Å². The van der Waals surface area contributed by atoms with Gasteiger partial charge in [0.15, 0.2) is 0 Å². The van der Waals surface area contributed by atoms with Crippen molar-refractivity contribution in [3.63, 3.8) is 0 Å². The molecule has 2 N–H and O–H groups in total. The number of rotatable bonds is 5. The second-order valence-corrected chi connectivity index (χ2v) is 5.34. The Kier molecular flexibility index (Phi) is 4.68. The number of nitrogens with zero attached hydrogens (tertiary/aromatic N) is 1. The maximum Gasteiger partial charge on any atom is 0.335 e. The first kappa shape index (κ1) is 16.5. The SMILES string of the molecule is Cc1noc(C)c1C(=O)Nc1cc(C(=O)O)ccc1OC(C)C. The molecule has 0 bridgehead atoms. The predicted octanol–water partition coefficient (Wildman–Crippen LogP) is 3.03. The minimum absolute atomic E-state index is 0.0511. The molecule has 1 heterocycles. The van der Waals surface area contributed by atoms with Gasteiger partial charge in [-0.2, -0.15) is 0 Å². The van der Waals surface area contributed by atoms with E-state index in [9.17, 15) is 9.59 Å². The summed E-state index contributed by atoms with van der Waals surface area (Å²) in [7, 11) is 0. The average molecular weight is 318 g/mol. The monoisotopic (exact) mass is 318 g/mol. The van der Waals surface area contributed by atoms with E-state index < -0.39 is 11.9 Å². The maximum absolute atomic E-state index is 12.4. The third-order valence-corrected chi connectivity index (χ3v) is 3.10. The van der Waals surface area contributed by atoms with Gasteiger partial charge < -0.3 is 19.7 Å². The first-order chi connectivity index (χ1) is 10.8. The number of aromatic nitrogens is 1. The lowest BCUT2D eigenvalue weighted by Crippen LogP contribution is -2.16. The van der Waals surface area contributed by atoms with E-state index in [2.05, 4.69) is 10.5 Å². The summed E-state index contributed by atoms with van der Waals surface area (Å²) in [5.41, 5.74) is 1.11. The van der Waals surface area contributed by atoms with E-state index in [-0.39, 0.29) is 17.4 Å². The second-order valence-electron chi connectivity index (χ2n) is 5.34. The summed E-state index contributed by atoms with van der Waals surface area (Å²) in [4.78, 5) is 23.6. The Morgan fingerprint density at radius 2 is 2.00 bits per heavy atom.